The lowest BCUT2D eigenvalue weighted by Gasteiger charge is -2.10. The van der Waals surface area contributed by atoms with Gasteiger partial charge in [0.2, 0.25) is 0 Å². The quantitative estimate of drug-likeness (QED) is 0.580. The summed E-state index contributed by atoms with van der Waals surface area (Å²) in [6.45, 7) is 6.73. The van der Waals surface area contributed by atoms with Gasteiger partial charge in [0.25, 0.3) is 0 Å². The van der Waals surface area contributed by atoms with Gasteiger partial charge in [-0.3, -0.25) is 0 Å². The normalized spacial score (nSPS) is 10.8. The largest absolute Gasteiger partial charge is 0.389 e. The van der Waals surface area contributed by atoms with E-state index < -0.39 is 0 Å². The average molecular weight is 267 g/mol. The fourth-order valence-corrected chi connectivity index (χ4v) is 1.70. The van der Waals surface area contributed by atoms with E-state index in [1.165, 1.54) is 0 Å². The minimum atomic E-state index is 0.408. The number of thiocarbonyl (C=S) groups is 1. The van der Waals surface area contributed by atoms with Crippen molar-refractivity contribution >= 4 is 17.2 Å². The first-order valence-corrected chi connectivity index (χ1v) is 6.55. The van der Waals surface area contributed by atoms with Crippen LogP contribution >= 0.6 is 12.2 Å². The minimum Gasteiger partial charge on any atom is -0.389 e. The molecule has 100 valence electrons. The summed E-state index contributed by atoms with van der Waals surface area (Å²) in [7, 11) is 0. The van der Waals surface area contributed by atoms with Gasteiger partial charge in [0.15, 0.2) is 0 Å². The third-order valence-corrected chi connectivity index (χ3v) is 2.58. The van der Waals surface area contributed by atoms with Crippen molar-refractivity contribution in [2.45, 2.75) is 20.5 Å². The average Bonchev–Trinajstić information content (AvgIpc) is 2.33. The molecule has 0 saturated carbocycles. The summed E-state index contributed by atoms with van der Waals surface area (Å²) < 4.78 is 11.0. The molecule has 2 N–H and O–H groups in total. The van der Waals surface area contributed by atoms with E-state index in [0.29, 0.717) is 30.7 Å². The topological polar surface area (TPSA) is 44.5 Å². The van der Waals surface area contributed by atoms with Crippen molar-refractivity contribution in [3.63, 3.8) is 0 Å². The Labute approximate surface area is 114 Å². The number of nitrogens with two attached hydrogens (primary N) is 1. The number of hydrogen-bond acceptors (Lipinski definition) is 3. The second-order valence-corrected chi connectivity index (χ2v) is 4.98. The molecule has 4 heteroatoms. The van der Waals surface area contributed by atoms with Crippen LogP contribution in [0, 0.1) is 5.92 Å². The first-order valence-electron chi connectivity index (χ1n) is 6.14. The van der Waals surface area contributed by atoms with Gasteiger partial charge in [-0.2, -0.15) is 0 Å². The van der Waals surface area contributed by atoms with Gasteiger partial charge in [-0.15, -0.1) is 0 Å². The van der Waals surface area contributed by atoms with E-state index in [1.807, 2.05) is 24.3 Å². The minimum absolute atomic E-state index is 0.408. The summed E-state index contributed by atoms with van der Waals surface area (Å²) in [4.78, 5) is 0.408. The number of rotatable bonds is 8. The van der Waals surface area contributed by atoms with Gasteiger partial charge >= 0.3 is 0 Å². The number of ether oxygens (including phenoxy) is 2. The van der Waals surface area contributed by atoms with Crippen molar-refractivity contribution in [2.24, 2.45) is 11.7 Å². The molecule has 0 saturated heterocycles. The number of hydrogen-bond donors (Lipinski definition) is 1. The molecule has 0 spiro atoms. The van der Waals surface area contributed by atoms with Crippen molar-refractivity contribution < 1.29 is 9.47 Å². The predicted molar refractivity (Wildman–Crippen MR) is 77.6 cm³/mol. The molecule has 0 fully saturated rings. The Morgan fingerprint density at radius 1 is 1.22 bits per heavy atom. The maximum absolute atomic E-state index is 5.65. The van der Waals surface area contributed by atoms with Gasteiger partial charge in [0.1, 0.15) is 4.99 Å². The standard InChI is InChI=1S/C14H21NO2S/c1-11(2)9-16-7-8-17-10-12-5-3-4-6-13(12)14(15)18/h3-6,11H,7-10H2,1-2H3,(H2,15,18). The lowest BCUT2D eigenvalue weighted by atomic mass is 10.1. The molecule has 0 aliphatic rings. The van der Waals surface area contributed by atoms with Crippen LogP contribution in [0.5, 0.6) is 0 Å². The van der Waals surface area contributed by atoms with E-state index in [4.69, 9.17) is 27.4 Å². The molecule has 0 aliphatic carbocycles. The van der Waals surface area contributed by atoms with Gasteiger partial charge in [0, 0.05) is 12.2 Å². The van der Waals surface area contributed by atoms with Crippen molar-refractivity contribution in [2.75, 3.05) is 19.8 Å². The molecule has 0 amide bonds. The van der Waals surface area contributed by atoms with Crippen LogP contribution in [0.15, 0.2) is 24.3 Å². The van der Waals surface area contributed by atoms with Gasteiger partial charge in [-0.25, -0.2) is 0 Å². The van der Waals surface area contributed by atoms with Gasteiger partial charge in [0.05, 0.1) is 19.8 Å². The van der Waals surface area contributed by atoms with E-state index in [2.05, 4.69) is 13.8 Å². The highest BCUT2D eigenvalue weighted by atomic mass is 32.1. The van der Waals surface area contributed by atoms with Crippen LogP contribution in [0.3, 0.4) is 0 Å². The molecule has 0 unspecified atom stereocenters. The maximum atomic E-state index is 5.65. The van der Waals surface area contributed by atoms with Crippen LogP contribution in [0.2, 0.25) is 0 Å². The van der Waals surface area contributed by atoms with Crippen LogP contribution < -0.4 is 5.73 Å². The van der Waals surface area contributed by atoms with Gasteiger partial charge < -0.3 is 15.2 Å². The van der Waals surface area contributed by atoms with Crippen molar-refractivity contribution in [1.82, 2.24) is 0 Å². The molecule has 1 aromatic rings. The molecule has 0 aromatic heterocycles. The first kappa shape index (κ1) is 15.1. The zero-order valence-corrected chi connectivity index (χ0v) is 11.8. The first-order chi connectivity index (χ1) is 8.61. The summed E-state index contributed by atoms with van der Waals surface area (Å²) in [6, 6.07) is 7.76. The molecule has 18 heavy (non-hydrogen) atoms. The fourth-order valence-electron chi connectivity index (χ4n) is 1.51. The van der Waals surface area contributed by atoms with Crippen LogP contribution in [0.4, 0.5) is 0 Å². The van der Waals surface area contributed by atoms with Crippen molar-refractivity contribution in [3.8, 4) is 0 Å². The molecule has 0 bridgehead atoms. The van der Waals surface area contributed by atoms with Gasteiger partial charge in [-0.1, -0.05) is 50.3 Å². The molecule has 0 heterocycles. The highest BCUT2D eigenvalue weighted by Crippen LogP contribution is 2.09. The smallest absolute Gasteiger partial charge is 0.104 e. The van der Waals surface area contributed by atoms with Crippen molar-refractivity contribution in [1.29, 1.82) is 0 Å². The second kappa shape index (κ2) is 8.19. The van der Waals surface area contributed by atoms with Crippen LogP contribution in [-0.4, -0.2) is 24.8 Å². The summed E-state index contributed by atoms with van der Waals surface area (Å²) in [5, 5.41) is 0. The second-order valence-electron chi connectivity index (χ2n) is 4.54. The highest BCUT2D eigenvalue weighted by Gasteiger charge is 2.03. The molecule has 1 rings (SSSR count). The molecule has 0 aliphatic heterocycles. The lowest BCUT2D eigenvalue weighted by molar-refractivity contribution is 0.0314. The summed E-state index contributed by atoms with van der Waals surface area (Å²) >= 11 is 5.00. The summed E-state index contributed by atoms with van der Waals surface area (Å²) in [6.07, 6.45) is 0. The van der Waals surface area contributed by atoms with E-state index in [1.54, 1.807) is 0 Å². The van der Waals surface area contributed by atoms with E-state index in [-0.39, 0.29) is 0 Å². The summed E-state index contributed by atoms with van der Waals surface area (Å²) in [5.74, 6) is 0.556. The fraction of sp³-hybridized carbons (Fsp3) is 0.500. The van der Waals surface area contributed by atoms with E-state index in [9.17, 15) is 0 Å². The zero-order valence-electron chi connectivity index (χ0n) is 11.0. The van der Waals surface area contributed by atoms with E-state index in [0.717, 1.165) is 17.7 Å². The summed E-state index contributed by atoms with van der Waals surface area (Å²) in [5.41, 5.74) is 7.56. The Morgan fingerprint density at radius 3 is 2.56 bits per heavy atom. The monoisotopic (exact) mass is 267 g/mol. The van der Waals surface area contributed by atoms with Crippen molar-refractivity contribution in [3.05, 3.63) is 35.4 Å². The Morgan fingerprint density at radius 2 is 1.89 bits per heavy atom. The lowest BCUT2D eigenvalue weighted by Crippen LogP contribution is -2.14. The van der Waals surface area contributed by atoms with Crippen LogP contribution in [0.25, 0.3) is 0 Å². The zero-order chi connectivity index (χ0) is 13.4. The molecular weight excluding hydrogens is 246 g/mol. The third-order valence-electron chi connectivity index (χ3n) is 2.36. The maximum Gasteiger partial charge on any atom is 0.104 e. The Kier molecular flexibility index (Phi) is 6.86. The molecule has 0 atom stereocenters. The highest BCUT2D eigenvalue weighted by molar-refractivity contribution is 7.80. The molecular formula is C14H21NO2S. The third kappa shape index (κ3) is 5.58. The Hall–Kier alpha value is -0.970. The SMILES string of the molecule is CC(C)COCCOCc1ccccc1C(N)=S. The van der Waals surface area contributed by atoms with E-state index >= 15 is 0 Å². The van der Waals surface area contributed by atoms with Gasteiger partial charge in [-0.05, 0) is 11.5 Å². The number of benzene rings is 1. The Bertz CT molecular complexity index is 380. The molecule has 0 radical (unpaired) electrons. The van der Waals surface area contributed by atoms with Crippen LogP contribution in [-0.2, 0) is 16.1 Å². The molecule has 1 aromatic carbocycles. The predicted octanol–water partition coefficient (Wildman–Crippen LogP) is 2.51. The molecule has 3 nitrogen and oxygen atoms in total. The van der Waals surface area contributed by atoms with Crippen LogP contribution in [0.1, 0.15) is 25.0 Å². The Balaban J connectivity index is 2.29.